The summed E-state index contributed by atoms with van der Waals surface area (Å²) in [5, 5.41) is 10.4. The molecule has 0 aliphatic carbocycles. The quantitative estimate of drug-likeness (QED) is 0.757. The van der Waals surface area contributed by atoms with Crippen LogP contribution in [0.1, 0.15) is 41.7 Å². The summed E-state index contributed by atoms with van der Waals surface area (Å²) < 4.78 is 0. The van der Waals surface area contributed by atoms with E-state index in [1.54, 1.807) is 11.3 Å². The van der Waals surface area contributed by atoms with E-state index in [-0.39, 0.29) is 0 Å². The normalized spacial score (nSPS) is 20.3. The van der Waals surface area contributed by atoms with E-state index in [0.29, 0.717) is 0 Å². The van der Waals surface area contributed by atoms with Crippen molar-refractivity contribution >= 4 is 22.7 Å². The molecule has 3 heterocycles. The fraction of sp³-hybridized carbons (Fsp3) is 0.500. The van der Waals surface area contributed by atoms with Crippen molar-refractivity contribution in [3.8, 4) is 0 Å². The number of fused-ring (bicyclic) bond motifs is 1. The summed E-state index contributed by atoms with van der Waals surface area (Å²) in [6.45, 7) is 3.63. The number of hydrogen-bond donors (Lipinski definition) is 1. The number of rotatable bonds is 6. The zero-order chi connectivity index (χ0) is 17.9. The first-order chi connectivity index (χ1) is 12.7. The molecular formula is C22H29N3S. The maximum Gasteiger partial charge on any atom is 0.0529 e. The van der Waals surface area contributed by atoms with E-state index in [2.05, 4.69) is 40.4 Å². The molecule has 0 saturated carbocycles. The molecule has 4 rings (SSSR count). The highest BCUT2D eigenvalue weighted by atomic mass is 32.1. The number of aryl methyl sites for hydroxylation is 1. The highest BCUT2D eigenvalue weighted by Gasteiger charge is 2.23. The lowest BCUT2D eigenvalue weighted by atomic mass is 9.96. The molecule has 138 valence electrons. The molecule has 1 fully saturated rings. The second-order valence-corrected chi connectivity index (χ2v) is 8.70. The topological polar surface area (TPSA) is 30.3 Å². The molecule has 1 N–H and O–H groups in total. The van der Waals surface area contributed by atoms with Gasteiger partial charge in [0.25, 0.3) is 0 Å². The summed E-state index contributed by atoms with van der Waals surface area (Å²) in [6, 6.07) is 11.7. The van der Waals surface area contributed by atoms with Crippen LogP contribution < -0.4 is 4.90 Å². The Morgan fingerprint density at radius 1 is 1.23 bits per heavy atom. The van der Waals surface area contributed by atoms with Gasteiger partial charge in [-0.3, -0.25) is 0 Å². The fourth-order valence-electron chi connectivity index (χ4n) is 4.46. The van der Waals surface area contributed by atoms with Gasteiger partial charge in [-0.1, -0.05) is 18.2 Å². The molecule has 1 unspecified atom stereocenters. The Bertz CT molecular complexity index is 753. The first kappa shape index (κ1) is 17.7. The van der Waals surface area contributed by atoms with Gasteiger partial charge in [-0.15, -0.1) is 11.3 Å². The molecule has 1 aromatic carbocycles. The Labute approximate surface area is 161 Å². The van der Waals surface area contributed by atoms with Gasteiger partial charge in [0.05, 0.1) is 5.71 Å². The lowest BCUT2D eigenvalue weighted by molar-refractivity contribution is 0.297. The summed E-state index contributed by atoms with van der Waals surface area (Å²) in [5.74, 6) is 0. The molecular weight excluding hydrogens is 338 g/mol. The summed E-state index contributed by atoms with van der Waals surface area (Å²) in [7, 11) is 2.27. The average molecular weight is 368 g/mol. The zero-order valence-electron chi connectivity index (χ0n) is 15.7. The Kier molecular flexibility index (Phi) is 5.41. The van der Waals surface area contributed by atoms with Crippen LogP contribution in [0, 0.1) is 5.41 Å². The van der Waals surface area contributed by atoms with Crippen molar-refractivity contribution in [2.75, 3.05) is 31.6 Å². The van der Waals surface area contributed by atoms with Crippen LogP contribution in [0.4, 0.5) is 5.69 Å². The number of anilines is 1. The van der Waals surface area contributed by atoms with Crippen molar-refractivity contribution in [1.29, 1.82) is 5.41 Å². The minimum absolute atomic E-state index is 0.733. The zero-order valence-corrected chi connectivity index (χ0v) is 16.5. The maximum atomic E-state index is 8.34. The Balaban J connectivity index is 1.42. The van der Waals surface area contributed by atoms with Crippen LogP contribution in [0.15, 0.2) is 35.7 Å². The van der Waals surface area contributed by atoms with Gasteiger partial charge in [0.2, 0.25) is 0 Å². The third kappa shape index (κ3) is 3.86. The minimum atomic E-state index is 0.733. The second-order valence-electron chi connectivity index (χ2n) is 7.75. The lowest BCUT2D eigenvalue weighted by Gasteiger charge is -2.33. The third-order valence-electron chi connectivity index (χ3n) is 5.96. The van der Waals surface area contributed by atoms with Crippen molar-refractivity contribution in [3.63, 3.8) is 0 Å². The molecule has 0 amide bonds. The molecule has 1 aromatic heterocycles. The highest BCUT2D eigenvalue weighted by molar-refractivity contribution is 7.12. The van der Waals surface area contributed by atoms with E-state index < -0.39 is 0 Å². The largest absolute Gasteiger partial charge is 0.371 e. The van der Waals surface area contributed by atoms with E-state index >= 15 is 0 Å². The summed E-state index contributed by atoms with van der Waals surface area (Å²) in [6.07, 6.45) is 7.16. The van der Waals surface area contributed by atoms with Crippen LogP contribution in [0.2, 0.25) is 0 Å². The third-order valence-corrected chi connectivity index (χ3v) is 6.89. The van der Waals surface area contributed by atoms with Gasteiger partial charge < -0.3 is 15.2 Å². The van der Waals surface area contributed by atoms with Crippen LogP contribution in [0.25, 0.3) is 0 Å². The molecule has 1 saturated heterocycles. The molecule has 1 atom stereocenters. The monoisotopic (exact) mass is 367 g/mol. The van der Waals surface area contributed by atoms with E-state index in [0.717, 1.165) is 23.1 Å². The second kappa shape index (κ2) is 7.93. The van der Waals surface area contributed by atoms with Crippen LogP contribution in [0.3, 0.4) is 0 Å². The van der Waals surface area contributed by atoms with Crippen molar-refractivity contribution in [1.82, 2.24) is 4.90 Å². The van der Waals surface area contributed by atoms with Gasteiger partial charge in [-0.2, -0.15) is 0 Å². The number of likely N-dealkylation sites (tertiary alicyclic amines) is 1. The van der Waals surface area contributed by atoms with Crippen LogP contribution >= 0.6 is 11.3 Å². The van der Waals surface area contributed by atoms with Gasteiger partial charge in [0.1, 0.15) is 0 Å². The van der Waals surface area contributed by atoms with Crippen LogP contribution in [-0.2, 0) is 12.8 Å². The predicted octanol–water partition coefficient (Wildman–Crippen LogP) is 4.60. The molecule has 4 heteroatoms. The number of thiophene rings is 1. The standard InChI is InChI=1S/C22H29N3S/c1-24-11-3-6-19(24)10-13-25-12-2-5-18-15-17(8-9-21(18)25)16-20(23)22-7-4-14-26-22/h4,7-9,14-15,19,23H,2-3,5-6,10-13,16H2,1H3. The number of nitrogens with zero attached hydrogens (tertiary/aromatic N) is 2. The molecule has 0 radical (unpaired) electrons. The minimum Gasteiger partial charge on any atom is -0.371 e. The van der Waals surface area contributed by atoms with E-state index in [9.17, 15) is 0 Å². The van der Waals surface area contributed by atoms with E-state index in [1.165, 1.54) is 68.6 Å². The molecule has 2 aromatic rings. The first-order valence-electron chi connectivity index (χ1n) is 9.89. The lowest BCUT2D eigenvalue weighted by Crippen LogP contribution is -2.34. The average Bonchev–Trinajstić information content (AvgIpc) is 3.31. The first-order valence-corrected chi connectivity index (χ1v) is 10.8. The molecule has 26 heavy (non-hydrogen) atoms. The summed E-state index contributed by atoms with van der Waals surface area (Å²) in [4.78, 5) is 6.22. The molecule has 0 bridgehead atoms. The van der Waals surface area contributed by atoms with Gasteiger partial charge in [-0.05, 0) is 74.3 Å². The predicted molar refractivity (Wildman–Crippen MR) is 112 cm³/mol. The Hall–Kier alpha value is -1.65. The van der Waals surface area contributed by atoms with Crippen molar-refractivity contribution in [2.45, 2.75) is 44.6 Å². The van der Waals surface area contributed by atoms with Gasteiger partial charge in [0, 0.05) is 36.1 Å². The van der Waals surface area contributed by atoms with Gasteiger partial charge in [-0.25, -0.2) is 0 Å². The van der Waals surface area contributed by atoms with Crippen molar-refractivity contribution in [2.24, 2.45) is 0 Å². The number of hydrogen-bond acceptors (Lipinski definition) is 4. The van der Waals surface area contributed by atoms with E-state index in [4.69, 9.17) is 5.41 Å². The van der Waals surface area contributed by atoms with Crippen LogP contribution in [-0.4, -0.2) is 43.3 Å². The number of benzene rings is 1. The summed E-state index contributed by atoms with van der Waals surface area (Å²) in [5.41, 5.74) is 4.92. The Morgan fingerprint density at radius 3 is 2.92 bits per heavy atom. The molecule has 0 spiro atoms. The highest BCUT2D eigenvalue weighted by Crippen LogP contribution is 2.30. The van der Waals surface area contributed by atoms with Crippen molar-refractivity contribution in [3.05, 3.63) is 51.7 Å². The molecule has 3 nitrogen and oxygen atoms in total. The molecule has 2 aliphatic heterocycles. The fourth-order valence-corrected chi connectivity index (χ4v) is 5.14. The smallest absolute Gasteiger partial charge is 0.0529 e. The van der Waals surface area contributed by atoms with Crippen molar-refractivity contribution < 1.29 is 0 Å². The maximum absolute atomic E-state index is 8.34. The van der Waals surface area contributed by atoms with Crippen LogP contribution in [0.5, 0.6) is 0 Å². The van der Waals surface area contributed by atoms with E-state index in [1.807, 2.05) is 12.1 Å². The molecule has 2 aliphatic rings. The Morgan fingerprint density at radius 2 is 2.15 bits per heavy atom. The SMILES string of the molecule is CN1CCCC1CCN1CCCc2cc(CC(=N)c3cccs3)ccc21. The van der Waals surface area contributed by atoms with Gasteiger partial charge in [0.15, 0.2) is 0 Å². The summed E-state index contributed by atoms with van der Waals surface area (Å²) >= 11 is 1.66. The number of nitrogens with one attached hydrogen (secondary N) is 1. The van der Waals surface area contributed by atoms with Gasteiger partial charge >= 0.3 is 0 Å².